The lowest BCUT2D eigenvalue weighted by Gasteiger charge is -1.98. The van der Waals surface area contributed by atoms with Gasteiger partial charge in [-0.3, -0.25) is 0 Å². The predicted molar refractivity (Wildman–Crippen MR) is 63.5 cm³/mol. The molecule has 0 bridgehead atoms. The van der Waals surface area contributed by atoms with Gasteiger partial charge in [-0.05, 0) is 29.9 Å². The lowest BCUT2D eigenvalue weighted by Crippen LogP contribution is -1.99. The molecule has 1 aromatic heterocycles. The van der Waals surface area contributed by atoms with Crippen molar-refractivity contribution in [3.8, 4) is 5.75 Å². The number of aromatic amines is 1. The molecule has 0 saturated carbocycles. The molecule has 0 atom stereocenters. The lowest BCUT2D eigenvalue weighted by molar-refractivity contribution is 0.136. The van der Waals surface area contributed by atoms with Crippen LogP contribution in [0.3, 0.4) is 0 Å². The molecule has 0 fully saturated rings. The van der Waals surface area contributed by atoms with Crippen molar-refractivity contribution < 1.29 is 13.9 Å². The van der Waals surface area contributed by atoms with E-state index in [0.29, 0.717) is 5.56 Å². The molecule has 0 unspecified atom stereocenters. The first-order valence-corrected chi connectivity index (χ1v) is 5.27. The number of aromatic nitrogens is 3. The number of phenolic OH excluding ortho intramolecular Hbond substituents is 1. The first-order chi connectivity index (χ1) is 8.58. The second kappa shape index (κ2) is 5.05. The van der Waals surface area contributed by atoms with E-state index in [-0.39, 0.29) is 10.5 Å². The van der Waals surface area contributed by atoms with Gasteiger partial charge >= 0.3 is 0 Å². The highest BCUT2D eigenvalue weighted by Crippen LogP contribution is 2.16. The van der Waals surface area contributed by atoms with Crippen LogP contribution in [0.1, 0.15) is 17.8 Å². The van der Waals surface area contributed by atoms with Gasteiger partial charge in [0.05, 0.1) is 6.21 Å². The van der Waals surface area contributed by atoms with E-state index in [1.165, 1.54) is 18.3 Å². The highest BCUT2D eigenvalue weighted by atomic mass is 32.1. The normalized spacial score (nSPS) is 11.5. The van der Waals surface area contributed by atoms with Gasteiger partial charge in [0.1, 0.15) is 5.75 Å². The van der Waals surface area contributed by atoms with E-state index >= 15 is 0 Å². The maximum atomic E-state index is 12.6. The maximum absolute atomic E-state index is 12.6. The number of rotatable bonds is 3. The maximum Gasteiger partial charge on any atom is 0.299 e. The molecule has 1 aromatic carbocycles. The average Bonchev–Trinajstić information content (AvgIpc) is 2.68. The summed E-state index contributed by atoms with van der Waals surface area (Å²) < 4.78 is 25.9. The van der Waals surface area contributed by atoms with Crippen molar-refractivity contribution in [3.05, 3.63) is 40.4 Å². The second-order valence-corrected chi connectivity index (χ2v) is 3.73. The fourth-order valence-electron chi connectivity index (χ4n) is 1.29. The zero-order chi connectivity index (χ0) is 13.1. The Morgan fingerprint density at radius 3 is 2.94 bits per heavy atom. The Labute approximate surface area is 105 Å². The second-order valence-electron chi connectivity index (χ2n) is 3.34. The first kappa shape index (κ1) is 12.4. The molecule has 0 aliphatic rings. The summed E-state index contributed by atoms with van der Waals surface area (Å²) in [6.45, 7) is 0. The van der Waals surface area contributed by atoms with E-state index in [2.05, 4.69) is 15.3 Å². The summed E-state index contributed by atoms with van der Waals surface area (Å²) >= 11 is 4.78. The molecule has 0 saturated heterocycles. The molecule has 5 nitrogen and oxygen atoms in total. The summed E-state index contributed by atoms with van der Waals surface area (Å²) in [5.74, 6) is -0.500. The minimum absolute atomic E-state index is 0.0262. The zero-order valence-electron chi connectivity index (χ0n) is 8.92. The molecular formula is C10H8F2N4OS. The van der Waals surface area contributed by atoms with Crippen LogP contribution < -0.4 is 0 Å². The van der Waals surface area contributed by atoms with E-state index in [4.69, 9.17) is 12.2 Å². The van der Waals surface area contributed by atoms with Crippen molar-refractivity contribution in [3.63, 3.8) is 0 Å². The van der Waals surface area contributed by atoms with Gasteiger partial charge in [0.25, 0.3) is 6.43 Å². The van der Waals surface area contributed by atoms with Crippen LogP contribution in [-0.2, 0) is 0 Å². The topological polar surface area (TPSA) is 66.2 Å². The van der Waals surface area contributed by atoms with Crippen molar-refractivity contribution in [2.24, 2.45) is 5.10 Å². The first-order valence-electron chi connectivity index (χ1n) is 4.87. The van der Waals surface area contributed by atoms with Crippen LogP contribution in [0.15, 0.2) is 29.4 Å². The molecule has 2 rings (SSSR count). The molecule has 2 aromatic rings. The summed E-state index contributed by atoms with van der Waals surface area (Å²) in [4.78, 5) is 0. The molecule has 18 heavy (non-hydrogen) atoms. The average molecular weight is 270 g/mol. The third-order valence-corrected chi connectivity index (χ3v) is 2.33. The molecule has 0 aliphatic carbocycles. The molecule has 0 amide bonds. The van der Waals surface area contributed by atoms with Crippen LogP contribution in [0, 0.1) is 4.77 Å². The number of H-pyrrole nitrogens is 1. The van der Waals surface area contributed by atoms with Crippen molar-refractivity contribution in [2.45, 2.75) is 6.43 Å². The molecule has 0 spiro atoms. The standard InChI is InChI=1S/C10H8F2N4OS/c11-8(12)9-14-15-10(18)16(9)13-5-6-2-1-3-7(17)4-6/h1-5,8,17H,(H,15,18). The third-order valence-electron chi connectivity index (χ3n) is 2.06. The number of aromatic hydroxyl groups is 1. The van der Waals surface area contributed by atoms with Crippen molar-refractivity contribution >= 4 is 18.4 Å². The monoisotopic (exact) mass is 270 g/mol. The summed E-state index contributed by atoms with van der Waals surface area (Å²) in [5, 5.41) is 18.7. The Balaban J connectivity index is 2.34. The molecule has 2 N–H and O–H groups in total. The van der Waals surface area contributed by atoms with Crippen LogP contribution in [0.4, 0.5) is 8.78 Å². The SMILES string of the molecule is Oc1cccc(C=Nn2c(C(F)F)n[nH]c2=S)c1. The molecule has 0 radical (unpaired) electrons. The van der Waals surface area contributed by atoms with E-state index in [1.807, 2.05) is 0 Å². The fourth-order valence-corrected chi connectivity index (χ4v) is 1.47. The highest BCUT2D eigenvalue weighted by molar-refractivity contribution is 7.71. The van der Waals surface area contributed by atoms with Crippen LogP contribution in [-0.4, -0.2) is 26.2 Å². The number of benzene rings is 1. The minimum atomic E-state index is -2.78. The van der Waals surface area contributed by atoms with Gasteiger partial charge in [0, 0.05) is 0 Å². The van der Waals surface area contributed by atoms with Gasteiger partial charge in [0.15, 0.2) is 0 Å². The number of nitrogens with zero attached hydrogens (tertiary/aromatic N) is 3. The number of nitrogens with one attached hydrogen (secondary N) is 1. The Kier molecular flexibility index (Phi) is 3.47. The van der Waals surface area contributed by atoms with Gasteiger partial charge in [-0.2, -0.15) is 14.9 Å². The van der Waals surface area contributed by atoms with Gasteiger partial charge in [-0.1, -0.05) is 12.1 Å². The Morgan fingerprint density at radius 2 is 2.28 bits per heavy atom. The Bertz CT molecular complexity index is 635. The molecule has 0 aliphatic heterocycles. The highest BCUT2D eigenvalue weighted by Gasteiger charge is 2.15. The number of halogens is 2. The van der Waals surface area contributed by atoms with Crippen molar-refractivity contribution in [2.75, 3.05) is 0 Å². The lowest BCUT2D eigenvalue weighted by atomic mass is 10.2. The number of phenols is 1. The molecule has 1 heterocycles. The fraction of sp³-hybridized carbons (Fsp3) is 0.100. The summed E-state index contributed by atoms with van der Waals surface area (Å²) in [6, 6.07) is 6.20. The van der Waals surface area contributed by atoms with Gasteiger partial charge < -0.3 is 5.11 Å². The molecule has 94 valence electrons. The van der Waals surface area contributed by atoms with E-state index in [1.54, 1.807) is 12.1 Å². The quantitative estimate of drug-likeness (QED) is 0.665. The third kappa shape index (κ3) is 2.59. The van der Waals surface area contributed by atoms with Crippen molar-refractivity contribution in [1.29, 1.82) is 0 Å². The van der Waals surface area contributed by atoms with Crippen LogP contribution in [0.2, 0.25) is 0 Å². The van der Waals surface area contributed by atoms with Crippen LogP contribution in [0.5, 0.6) is 5.75 Å². The zero-order valence-corrected chi connectivity index (χ0v) is 9.73. The number of hydrogen-bond acceptors (Lipinski definition) is 4. The summed E-state index contributed by atoms with van der Waals surface area (Å²) in [6.07, 6.45) is -1.48. The van der Waals surface area contributed by atoms with Crippen LogP contribution in [0.25, 0.3) is 0 Å². The largest absolute Gasteiger partial charge is 0.508 e. The molecule has 8 heteroatoms. The van der Waals surface area contributed by atoms with Gasteiger partial charge in [0.2, 0.25) is 10.6 Å². The molecular weight excluding hydrogens is 262 g/mol. The van der Waals surface area contributed by atoms with E-state index in [0.717, 1.165) is 4.68 Å². The van der Waals surface area contributed by atoms with Gasteiger partial charge in [-0.15, -0.1) is 0 Å². The van der Waals surface area contributed by atoms with Gasteiger partial charge in [-0.25, -0.2) is 13.9 Å². The minimum Gasteiger partial charge on any atom is -0.508 e. The van der Waals surface area contributed by atoms with E-state index < -0.39 is 12.2 Å². The summed E-state index contributed by atoms with van der Waals surface area (Å²) in [5.41, 5.74) is 0.554. The number of alkyl halides is 2. The predicted octanol–water partition coefficient (Wildman–Crippen LogP) is 2.47. The number of hydrogen-bond donors (Lipinski definition) is 2. The van der Waals surface area contributed by atoms with E-state index in [9.17, 15) is 13.9 Å². The Hall–Kier alpha value is -2.09. The van der Waals surface area contributed by atoms with Crippen LogP contribution >= 0.6 is 12.2 Å². The smallest absolute Gasteiger partial charge is 0.299 e. The Morgan fingerprint density at radius 1 is 1.50 bits per heavy atom. The summed E-state index contributed by atoms with van der Waals surface area (Å²) in [7, 11) is 0. The van der Waals surface area contributed by atoms with Crippen molar-refractivity contribution in [1.82, 2.24) is 14.9 Å².